The van der Waals surface area contributed by atoms with Gasteiger partial charge >= 0.3 is 0 Å². The molecular formula is C24H30F2N4O3. The maximum atomic E-state index is 13.7. The number of piperidine rings is 1. The molecule has 0 N–H and O–H groups in total. The molecule has 1 amide bonds. The molecule has 5 rings (SSSR count). The van der Waals surface area contributed by atoms with Crippen molar-refractivity contribution in [2.75, 3.05) is 39.9 Å². The van der Waals surface area contributed by atoms with Crippen LogP contribution in [0, 0.1) is 17.6 Å². The highest BCUT2D eigenvalue weighted by Crippen LogP contribution is 2.39. The summed E-state index contributed by atoms with van der Waals surface area (Å²) in [6.45, 7) is 4.08. The molecule has 0 atom stereocenters. The first-order valence-corrected chi connectivity index (χ1v) is 11.7. The van der Waals surface area contributed by atoms with Crippen LogP contribution in [-0.2, 0) is 28.2 Å². The number of imidazole rings is 1. The van der Waals surface area contributed by atoms with Crippen molar-refractivity contribution < 1.29 is 23.0 Å². The number of hydrogen-bond donors (Lipinski definition) is 0. The standard InChI is InChI=1S/C24H30F2N4O3/c1-28(14-17-2-3-17)15-19-13-27-23-24(33-11-10-30(19)23)6-8-29(9-7-24)22(31)16-32-21-12-18(25)4-5-20(21)26/h4-5,12-13,17H,2-3,6-11,14-16H2,1H3. The smallest absolute Gasteiger partial charge is 0.260 e. The number of halogens is 2. The number of carbonyl (C=O) groups excluding carboxylic acids is 1. The van der Waals surface area contributed by atoms with E-state index in [1.165, 1.54) is 18.5 Å². The maximum absolute atomic E-state index is 13.7. The van der Waals surface area contributed by atoms with E-state index in [9.17, 15) is 13.6 Å². The van der Waals surface area contributed by atoms with Crippen molar-refractivity contribution in [3.8, 4) is 5.75 Å². The van der Waals surface area contributed by atoms with Gasteiger partial charge in [0.15, 0.2) is 18.2 Å². The molecular weight excluding hydrogens is 430 g/mol. The monoisotopic (exact) mass is 460 g/mol. The molecule has 3 heterocycles. The Hall–Kier alpha value is -2.52. The number of nitrogens with zero attached hydrogens (tertiary/aromatic N) is 4. The Labute approximate surface area is 192 Å². The Morgan fingerprint density at radius 1 is 1.27 bits per heavy atom. The predicted molar refractivity (Wildman–Crippen MR) is 117 cm³/mol. The number of rotatable bonds is 7. The quantitative estimate of drug-likeness (QED) is 0.636. The molecule has 2 aliphatic heterocycles. The largest absolute Gasteiger partial charge is 0.481 e. The number of hydrogen-bond acceptors (Lipinski definition) is 5. The third-order valence-electron chi connectivity index (χ3n) is 6.91. The minimum absolute atomic E-state index is 0.255. The van der Waals surface area contributed by atoms with E-state index in [2.05, 4.69) is 16.5 Å². The van der Waals surface area contributed by atoms with Crippen molar-refractivity contribution in [1.82, 2.24) is 19.4 Å². The van der Waals surface area contributed by atoms with Crippen molar-refractivity contribution in [2.45, 2.75) is 44.4 Å². The SMILES string of the molecule is CN(Cc1cnc2n1CCOC21CCN(C(=O)COc2cc(F)ccc2F)CC1)CC1CC1. The number of benzene rings is 1. The summed E-state index contributed by atoms with van der Waals surface area (Å²) in [5, 5.41) is 0. The normalized spacial score (nSPS) is 19.7. The van der Waals surface area contributed by atoms with Crippen LogP contribution >= 0.6 is 0 Å². The molecule has 9 heteroatoms. The molecule has 0 radical (unpaired) electrons. The molecule has 178 valence electrons. The van der Waals surface area contributed by atoms with Gasteiger partial charge in [-0.25, -0.2) is 13.8 Å². The third kappa shape index (κ3) is 4.75. The number of carbonyl (C=O) groups is 1. The van der Waals surface area contributed by atoms with Crippen LogP contribution in [0.25, 0.3) is 0 Å². The molecule has 1 aromatic heterocycles. The van der Waals surface area contributed by atoms with Gasteiger partial charge in [0.25, 0.3) is 5.91 Å². The molecule has 2 aromatic rings. The van der Waals surface area contributed by atoms with Crippen LogP contribution in [0.5, 0.6) is 5.75 Å². The summed E-state index contributed by atoms with van der Waals surface area (Å²) < 4.78 is 40.8. The molecule has 0 unspecified atom stereocenters. The molecule has 1 aromatic carbocycles. The van der Waals surface area contributed by atoms with Crippen molar-refractivity contribution in [3.63, 3.8) is 0 Å². The number of likely N-dealkylation sites (tertiary alicyclic amines) is 1. The number of aromatic nitrogens is 2. The summed E-state index contributed by atoms with van der Waals surface area (Å²) in [6, 6.07) is 2.95. The molecule has 1 saturated heterocycles. The van der Waals surface area contributed by atoms with E-state index >= 15 is 0 Å². The van der Waals surface area contributed by atoms with Gasteiger partial charge in [-0.1, -0.05) is 0 Å². The number of fused-ring (bicyclic) bond motifs is 2. The zero-order valence-corrected chi connectivity index (χ0v) is 18.9. The molecule has 33 heavy (non-hydrogen) atoms. The molecule has 3 aliphatic rings. The molecule has 1 spiro atoms. The Kier molecular flexibility index (Phi) is 6.09. The van der Waals surface area contributed by atoms with Crippen molar-refractivity contribution in [2.24, 2.45) is 5.92 Å². The first kappa shape index (κ1) is 22.3. The van der Waals surface area contributed by atoms with E-state index in [4.69, 9.17) is 14.5 Å². The Morgan fingerprint density at radius 3 is 2.82 bits per heavy atom. The lowest BCUT2D eigenvalue weighted by molar-refractivity contribution is -0.146. The van der Waals surface area contributed by atoms with E-state index in [0.29, 0.717) is 32.5 Å². The van der Waals surface area contributed by atoms with Crippen LogP contribution in [0.4, 0.5) is 8.78 Å². The van der Waals surface area contributed by atoms with Gasteiger partial charge in [-0.15, -0.1) is 0 Å². The fourth-order valence-corrected chi connectivity index (χ4v) is 4.93. The van der Waals surface area contributed by atoms with Gasteiger partial charge in [0.1, 0.15) is 17.2 Å². The first-order valence-electron chi connectivity index (χ1n) is 11.7. The van der Waals surface area contributed by atoms with Crippen LogP contribution in [0.15, 0.2) is 24.4 Å². The summed E-state index contributed by atoms with van der Waals surface area (Å²) in [5.74, 6) is -0.0150. The van der Waals surface area contributed by atoms with Gasteiger partial charge in [-0.3, -0.25) is 4.79 Å². The third-order valence-corrected chi connectivity index (χ3v) is 6.91. The minimum Gasteiger partial charge on any atom is -0.481 e. The summed E-state index contributed by atoms with van der Waals surface area (Å²) in [6.07, 6.45) is 5.92. The summed E-state index contributed by atoms with van der Waals surface area (Å²) in [4.78, 5) is 21.4. The van der Waals surface area contributed by atoms with E-state index in [1.807, 2.05) is 6.20 Å². The predicted octanol–water partition coefficient (Wildman–Crippen LogP) is 2.93. The van der Waals surface area contributed by atoms with Crippen LogP contribution in [0.1, 0.15) is 37.2 Å². The summed E-state index contributed by atoms with van der Waals surface area (Å²) >= 11 is 0. The fraction of sp³-hybridized carbons (Fsp3) is 0.583. The lowest BCUT2D eigenvalue weighted by Crippen LogP contribution is -2.50. The van der Waals surface area contributed by atoms with E-state index in [1.54, 1.807) is 4.90 Å². The van der Waals surface area contributed by atoms with Crippen LogP contribution in [-0.4, -0.2) is 65.2 Å². The van der Waals surface area contributed by atoms with Crippen molar-refractivity contribution in [1.29, 1.82) is 0 Å². The van der Waals surface area contributed by atoms with E-state index in [0.717, 1.165) is 49.6 Å². The minimum atomic E-state index is -0.692. The van der Waals surface area contributed by atoms with E-state index in [-0.39, 0.29) is 18.3 Å². The molecule has 2 fully saturated rings. The van der Waals surface area contributed by atoms with Gasteiger partial charge < -0.3 is 23.8 Å². The highest BCUT2D eigenvalue weighted by atomic mass is 19.1. The van der Waals surface area contributed by atoms with Crippen molar-refractivity contribution in [3.05, 3.63) is 47.5 Å². The second-order valence-electron chi connectivity index (χ2n) is 9.45. The first-order chi connectivity index (χ1) is 15.9. The topological polar surface area (TPSA) is 59.8 Å². The van der Waals surface area contributed by atoms with Gasteiger partial charge in [-0.05, 0) is 37.9 Å². The average Bonchev–Trinajstić information content (AvgIpc) is 3.52. The van der Waals surface area contributed by atoms with Gasteiger partial charge in [0.05, 0.1) is 12.3 Å². The molecule has 0 bridgehead atoms. The Balaban J connectivity index is 1.20. The van der Waals surface area contributed by atoms with Gasteiger partial charge in [0, 0.05) is 57.8 Å². The lowest BCUT2D eigenvalue weighted by Gasteiger charge is -2.43. The van der Waals surface area contributed by atoms with Crippen LogP contribution < -0.4 is 4.74 Å². The van der Waals surface area contributed by atoms with E-state index < -0.39 is 17.2 Å². The summed E-state index contributed by atoms with van der Waals surface area (Å²) in [7, 11) is 2.16. The van der Waals surface area contributed by atoms with Crippen LogP contribution in [0.2, 0.25) is 0 Å². The van der Waals surface area contributed by atoms with Gasteiger partial charge in [0.2, 0.25) is 0 Å². The zero-order chi connectivity index (χ0) is 23.0. The zero-order valence-electron chi connectivity index (χ0n) is 18.9. The maximum Gasteiger partial charge on any atom is 0.260 e. The fourth-order valence-electron chi connectivity index (χ4n) is 4.93. The number of ether oxygens (including phenoxy) is 2. The lowest BCUT2D eigenvalue weighted by atomic mass is 9.89. The highest BCUT2D eigenvalue weighted by Gasteiger charge is 2.44. The second kappa shape index (κ2) is 9.02. The molecule has 7 nitrogen and oxygen atoms in total. The highest BCUT2D eigenvalue weighted by molar-refractivity contribution is 5.77. The van der Waals surface area contributed by atoms with Crippen LogP contribution in [0.3, 0.4) is 0 Å². The molecule has 1 saturated carbocycles. The summed E-state index contributed by atoms with van der Waals surface area (Å²) in [5.41, 5.74) is 0.720. The van der Waals surface area contributed by atoms with Crippen molar-refractivity contribution >= 4 is 5.91 Å². The average molecular weight is 461 g/mol. The van der Waals surface area contributed by atoms with Gasteiger partial charge in [-0.2, -0.15) is 0 Å². The number of amides is 1. The Morgan fingerprint density at radius 2 is 2.06 bits per heavy atom. The second-order valence-corrected chi connectivity index (χ2v) is 9.45. The Bertz CT molecular complexity index is 1020. The molecule has 1 aliphatic carbocycles.